The molecule has 0 heterocycles. The van der Waals surface area contributed by atoms with Gasteiger partial charge in [0.25, 0.3) is 0 Å². The Hall–Kier alpha value is -2.01. The van der Waals surface area contributed by atoms with E-state index in [4.69, 9.17) is 9.47 Å². The molecule has 1 rings (SSSR count). The molecule has 104 valence electrons. The van der Waals surface area contributed by atoms with E-state index in [9.17, 15) is 4.79 Å². The van der Waals surface area contributed by atoms with Gasteiger partial charge in [0.15, 0.2) is 0 Å². The van der Waals surface area contributed by atoms with Crippen molar-refractivity contribution in [1.29, 1.82) is 0 Å². The van der Waals surface area contributed by atoms with E-state index in [0.29, 0.717) is 13.2 Å². The van der Waals surface area contributed by atoms with Crippen LogP contribution in [0.25, 0.3) is 6.08 Å². The van der Waals surface area contributed by atoms with Crippen LogP contribution in [0.5, 0.6) is 5.75 Å². The molecule has 1 aromatic rings. The van der Waals surface area contributed by atoms with E-state index >= 15 is 0 Å². The quantitative estimate of drug-likeness (QED) is 0.741. The summed E-state index contributed by atoms with van der Waals surface area (Å²) in [6.45, 7) is 1.23. The highest BCUT2D eigenvalue weighted by Gasteiger charge is 1.95. The Morgan fingerprint density at radius 2 is 2.00 bits per heavy atom. The minimum atomic E-state index is -0.221. The Kier molecular flexibility index (Phi) is 7.12. The van der Waals surface area contributed by atoms with E-state index < -0.39 is 0 Å². The van der Waals surface area contributed by atoms with Crippen molar-refractivity contribution in [2.75, 3.05) is 27.4 Å². The average Bonchev–Trinajstić information content (AvgIpc) is 2.44. The van der Waals surface area contributed by atoms with E-state index in [1.165, 1.54) is 0 Å². The first kappa shape index (κ1) is 15.0. The number of hydrogen-bond donors (Lipinski definition) is 2. The van der Waals surface area contributed by atoms with Gasteiger partial charge >= 0.3 is 6.03 Å². The highest BCUT2D eigenvalue weighted by molar-refractivity contribution is 5.75. The fourth-order valence-corrected chi connectivity index (χ4v) is 1.40. The largest absolute Gasteiger partial charge is 0.497 e. The number of nitrogens with one attached hydrogen (secondary N) is 2. The third-order valence-corrected chi connectivity index (χ3v) is 2.42. The van der Waals surface area contributed by atoms with Crippen LogP contribution in [-0.2, 0) is 4.74 Å². The lowest BCUT2D eigenvalue weighted by atomic mass is 10.2. The zero-order valence-corrected chi connectivity index (χ0v) is 11.3. The summed E-state index contributed by atoms with van der Waals surface area (Å²) < 4.78 is 9.95. The number of carbonyl (C=O) groups excluding carboxylic acids is 1. The Labute approximate surface area is 113 Å². The molecule has 0 spiro atoms. The lowest BCUT2D eigenvalue weighted by molar-refractivity contribution is 0.193. The number of hydrogen-bond acceptors (Lipinski definition) is 3. The standard InChI is InChI=1S/C14H20N2O3/c1-18-11-3-9-15-14(17)16-10-8-12-4-6-13(19-2)7-5-12/h4-8,10H,3,9,11H2,1-2H3,(H2,15,16,17)/b10-8+. The van der Waals surface area contributed by atoms with Crippen LogP contribution in [0, 0.1) is 0 Å². The molecule has 0 aliphatic carbocycles. The number of rotatable bonds is 7. The van der Waals surface area contributed by atoms with Crippen LogP contribution < -0.4 is 15.4 Å². The maximum Gasteiger partial charge on any atom is 0.318 e. The van der Waals surface area contributed by atoms with E-state index in [1.54, 1.807) is 20.4 Å². The molecule has 5 heteroatoms. The predicted molar refractivity (Wildman–Crippen MR) is 75.1 cm³/mol. The van der Waals surface area contributed by atoms with Gasteiger partial charge in [-0.15, -0.1) is 0 Å². The van der Waals surface area contributed by atoms with Crippen LogP contribution >= 0.6 is 0 Å². The molecule has 0 aliphatic rings. The van der Waals surface area contributed by atoms with Gasteiger partial charge < -0.3 is 20.1 Å². The van der Waals surface area contributed by atoms with Crippen LogP contribution in [0.15, 0.2) is 30.5 Å². The molecular formula is C14H20N2O3. The van der Waals surface area contributed by atoms with Crippen molar-refractivity contribution in [3.8, 4) is 5.75 Å². The molecule has 0 aromatic heterocycles. The molecule has 1 aromatic carbocycles. The number of urea groups is 1. The maximum absolute atomic E-state index is 11.4. The second kappa shape index (κ2) is 8.99. The Bertz CT molecular complexity index is 402. The third kappa shape index (κ3) is 6.47. The van der Waals surface area contributed by atoms with Gasteiger partial charge in [-0.3, -0.25) is 0 Å². The fourth-order valence-electron chi connectivity index (χ4n) is 1.40. The van der Waals surface area contributed by atoms with Gasteiger partial charge in [-0.2, -0.15) is 0 Å². The van der Waals surface area contributed by atoms with Crippen LogP contribution in [-0.4, -0.2) is 33.4 Å². The SMILES string of the molecule is COCCCNC(=O)N/C=C/c1ccc(OC)cc1. The first-order valence-electron chi connectivity index (χ1n) is 6.10. The summed E-state index contributed by atoms with van der Waals surface area (Å²) in [6, 6.07) is 7.33. The molecule has 0 saturated carbocycles. The third-order valence-electron chi connectivity index (χ3n) is 2.42. The lowest BCUT2D eigenvalue weighted by Crippen LogP contribution is -2.33. The number of amides is 2. The number of carbonyl (C=O) groups is 1. The van der Waals surface area contributed by atoms with Crippen molar-refractivity contribution < 1.29 is 14.3 Å². The van der Waals surface area contributed by atoms with Gasteiger partial charge in [-0.1, -0.05) is 12.1 Å². The van der Waals surface area contributed by atoms with Crippen molar-refractivity contribution in [3.05, 3.63) is 36.0 Å². The van der Waals surface area contributed by atoms with E-state index in [1.807, 2.05) is 30.3 Å². The van der Waals surface area contributed by atoms with Crippen LogP contribution in [0.4, 0.5) is 4.79 Å². The monoisotopic (exact) mass is 264 g/mol. The molecule has 0 unspecified atom stereocenters. The minimum Gasteiger partial charge on any atom is -0.497 e. The van der Waals surface area contributed by atoms with Crippen molar-refractivity contribution in [1.82, 2.24) is 10.6 Å². The topological polar surface area (TPSA) is 59.6 Å². The van der Waals surface area contributed by atoms with Crippen molar-refractivity contribution in [2.45, 2.75) is 6.42 Å². The second-order valence-corrected chi connectivity index (χ2v) is 3.85. The molecular weight excluding hydrogens is 244 g/mol. The van der Waals surface area contributed by atoms with Crippen molar-refractivity contribution in [2.24, 2.45) is 0 Å². The zero-order valence-electron chi connectivity index (χ0n) is 11.3. The summed E-state index contributed by atoms with van der Waals surface area (Å²) in [7, 11) is 3.26. The molecule has 0 saturated heterocycles. The van der Waals surface area contributed by atoms with E-state index in [2.05, 4.69) is 10.6 Å². The van der Waals surface area contributed by atoms with Gasteiger partial charge in [0.05, 0.1) is 7.11 Å². The molecule has 0 fully saturated rings. The average molecular weight is 264 g/mol. The summed E-state index contributed by atoms with van der Waals surface area (Å²) in [5.74, 6) is 0.806. The minimum absolute atomic E-state index is 0.221. The van der Waals surface area contributed by atoms with E-state index in [-0.39, 0.29) is 6.03 Å². The zero-order chi connectivity index (χ0) is 13.9. The first-order valence-corrected chi connectivity index (χ1v) is 6.10. The van der Waals surface area contributed by atoms with Crippen LogP contribution in [0.3, 0.4) is 0 Å². The summed E-state index contributed by atoms with van der Waals surface area (Å²) in [5, 5.41) is 5.35. The van der Waals surface area contributed by atoms with Gasteiger partial charge in [0, 0.05) is 26.5 Å². The van der Waals surface area contributed by atoms with Crippen LogP contribution in [0.1, 0.15) is 12.0 Å². The molecule has 19 heavy (non-hydrogen) atoms. The second-order valence-electron chi connectivity index (χ2n) is 3.85. The van der Waals surface area contributed by atoms with Gasteiger partial charge in [-0.25, -0.2) is 4.79 Å². The highest BCUT2D eigenvalue weighted by Crippen LogP contribution is 2.11. The van der Waals surface area contributed by atoms with Crippen molar-refractivity contribution in [3.63, 3.8) is 0 Å². The fraction of sp³-hybridized carbons (Fsp3) is 0.357. The molecule has 5 nitrogen and oxygen atoms in total. The smallest absolute Gasteiger partial charge is 0.318 e. The Balaban J connectivity index is 2.26. The van der Waals surface area contributed by atoms with Crippen molar-refractivity contribution >= 4 is 12.1 Å². The molecule has 0 bridgehead atoms. The lowest BCUT2D eigenvalue weighted by Gasteiger charge is -2.03. The number of methoxy groups -OCH3 is 2. The van der Waals surface area contributed by atoms with Gasteiger partial charge in [0.1, 0.15) is 5.75 Å². The van der Waals surface area contributed by atoms with Crippen LogP contribution in [0.2, 0.25) is 0 Å². The molecule has 0 radical (unpaired) electrons. The van der Waals surface area contributed by atoms with Gasteiger partial charge in [0.2, 0.25) is 0 Å². The van der Waals surface area contributed by atoms with E-state index in [0.717, 1.165) is 17.7 Å². The number of benzene rings is 1. The first-order chi connectivity index (χ1) is 9.26. The Morgan fingerprint density at radius 3 is 2.63 bits per heavy atom. The predicted octanol–water partition coefficient (Wildman–Crippen LogP) is 2.00. The molecule has 2 N–H and O–H groups in total. The summed E-state index contributed by atoms with van der Waals surface area (Å²) >= 11 is 0. The number of ether oxygens (including phenoxy) is 2. The summed E-state index contributed by atoms with van der Waals surface area (Å²) in [6.07, 6.45) is 4.22. The molecule has 0 atom stereocenters. The normalized spacial score (nSPS) is 10.4. The molecule has 2 amide bonds. The molecule has 0 aliphatic heterocycles. The Morgan fingerprint density at radius 1 is 1.26 bits per heavy atom. The summed E-state index contributed by atoms with van der Waals surface area (Å²) in [5.41, 5.74) is 0.987. The van der Waals surface area contributed by atoms with Gasteiger partial charge in [-0.05, 0) is 30.2 Å². The highest BCUT2D eigenvalue weighted by atomic mass is 16.5. The maximum atomic E-state index is 11.4. The summed E-state index contributed by atoms with van der Waals surface area (Å²) in [4.78, 5) is 11.4.